The van der Waals surface area contributed by atoms with E-state index < -0.39 is 0 Å². The molecule has 3 heteroatoms. The van der Waals surface area contributed by atoms with Crippen LogP contribution in [0.15, 0.2) is 24.3 Å². The standard InChI is InChI=1S/C18H31N3/c1-6-17(19-2)15-8-10-16(11-9-15)21(5)14-18(20(3)4)12-7-13-18/h8-11,17,19H,6-7,12-14H2,1-5H3. The van der Waals surface area contributed by atoms with Gasteiger partial charge < -0.3 is 15.1 Å². The van der Waals surface area contributed by atoms with E-state index in [1.54, 1.807) is 0 Å². The van der Waals surface area contributed by atoms with E-state index in [-0.39, 0.29) is 0 Å². The maximum Gasteiger partial charge on any atom is 0.0378 e. The Morgan fingerprint density at radius 3 is 2.14 bits per heavy atom. The van der Waals surface area contributed by atoms with E-state index in [2.05, 4.69) is 67.4 Å². The minimum absolute atomic E-state index is 0.379. The Morgan fingerprint density at radius 1 is 1.14 bits per heavy atom. The zero-order valence-electron chi connectivity index (χ0n) is 14.3. The third kappa shape index (κ3) is 3.41. The van der Waals surface area contributed by atoms with Crippen molar-refractivity contribution in [2.24, 2.45) is 0 Å². The fraction of sp³-hybridized carbons (Fsp3) is 0.667. The van der Waals surface area contributed by atoms with Crippen LogP contribution < -0.4 is 10.2 Å². The monoisotopic (exact) mass is 289 g/mol. The Bertz CT molecular complexity index is 430. The third-order valence-corrected chi connectivity index (χ3v) is 5.26. The molecule has 21 heavy (non-hydrogen) atoms. The second-order valence-corrected chi connectivity index (χ2v) is 6.67. The van der Waals surface area contributed by atoms with Gasteiger partial charge in [-0.3, -0.25) is 0 Å². The number of hydrogen-bond acceptors (Lipinski definition) is 3. The van der Waals surface area contributed by atoms with E-state index in [4.69, 9.17) is 0 Å². The topological polar surface area (TPSA) is 18.5 Å². The molecular formula is C18H31N3. The second-order valence-electron chi connectivity index (χ2n) is 6.67. The average Bonchev–Trinajstić information content (AvgIpc) is 2.44. The molecular weight excluding hydrogens is 258 g/mol. The van der Waals surface area contributed by atoms with Gasteiger partial charge in [-0.1, -0.05) is 19.1 Å². The molecule has 0 spiro atoms. The van der Waals surface area contributed by atoms with Crippen molar-refractivity contribution in [3.05, 3.63) is 29.8 Å². The van der Waals surface area contributed by atoms with Gasteiger partial charge in [0.2, 0.25) is 0 Å². The number of hydrogen-bond donors (Lipinski definition) is 1. The SMILES string of the molecule is CCC(NC)c1ccc(N(C)CC2(N(C)C)CCC2)cc1. The molecule has 0 amide bonds. The number of nitrogens with one attached hydrogen (secondary N) is 1. The van der Waals surface area contributed by atoms with Crippen LogP contribution in [0.3, 0.4) is 0 Å². The number of rotatable bonds is 7. The molecule has 1 aromatic rings. The summed E-state index contributed by atoms with van der Waals surface area (Å²) in [6, 6.07) is 9.51. The van der Waals surface area contributed by atoms with E-state index in [0.717, 1.165) is 13.0 Å². The number of likely N-dealkylation sites (N-methyl/N-ethyl adjacent to an activating group) is 2. The lowest BCUT2D eigenvalue weighted by atomic mass is 9.75. The Morgan fingerprint density at radius 2 is 1.76 bits per heavy atom. The van der Waals surface area contributed by atoms with Crippen LogP contribution >= 0.6 is 0 Å². The van der Waals surface area contributed by atoms with Crippen LogP contribution in [0, 0.1) is 0 Å². The fourth-order valence-corrected chi connectivity index (χ4v) is 3.43. The number of anilines is 1. The summed E-state index contributed by atoms with van der Waals surface area (Å²) in [5, 5.41) is 3.37. The molecule has 1 aromatic carbocycles. The van der Waals surface area contributed by atoms with Crippen LogP contribution in [-0.2, 0) is 0 Å². The highest BCUT2D eigenvalue weighted by Crippen LogP contribution is 2.37. The molecule has 0 heterocycles. The first-order valence-electron chi connectivity index (χ1n) is 8.18. The Labute approximate surface area is 130 Å². The van der Waals surface area contributed by atoms with Crippen molar-refractivity contribution in [2.75, 3.05) is 39.6 Å². The van der Waals surface area contributed by atoms with Gasteiger partial charge in [0.05, 0.1) is 0 Å². The quantitative estimate of drug-likeness (QED) is 0.831. The normalized spacial score (nSPS) is 18.4. The van der Waals surface area contributed by atoms with Crippen molar-refractivity contribution < 1.29 is 0 Å². The van der Waals surface area contributed by atoms with E-state index in [0.29, 0.717) is 11.6 Å². The van der Waals surface area contributed by atoms with Crippen molar-refractivity contribution in [1.29, 1.82) is 0 Å². The minimum Gasteiger partial charge on any atom is -0.373 e. The molecule has 1 N–H and O–H groups in total. The minimum atomic E-state index is 0.379. The largest absolute Gasteiger partial charge is 0.373 e. The van der Waals surface area contributed by atoms with Crippen LogP contribution in [0.1, 0.15) is 44.2 Å². The molecule has 0 saturated heterocycles. The van der Waals surface area contributed by atoms with Crippen LogP contribution in [0.25, 0.3) is 0 Å². The lowest BCUT2D eigenvalue weighted by Crippen LogP contribution is -2.56. The van der Waals surface area contributed by atoms with Gasteiger partial charge in [-0.15, -0.1) is 0 Å². The molecule has 1 aliphatic carbocycles. The molecule has 1 saturated carbocycles. The maximum absolute atomic E-state index is 3.37. The summed E-state index contributed by atoms with van der Waals surface area (Å²) in [5.41, 5.74) is 3.07. The zero-order chi connectivity index (χ0) is 15.5. The van der Waals surface area contributed by atoms with Gasteiger partial charge in [-0.25, -0.2) is 0 Å². The van der Waals surface area contributed by atoms with Crippen molar-refractivity contribution >= 4 is 5.69 Å². The van der Waals surface area contributed by atoms with Gasteiger partial charge in [-0.2, -0.15) is 0 Å². The second kappa shape index (κ2) is 6.80. The zero-order valence-corrected chi connectivity index (χ0v) is 14.3. The van der Waals surface area contributed by atoms with Gasteiger partial charge >= 0.3 is 0 Å². The van der Waals surface area contributed by atoms with Crippen LogP contribution in [0.4, 0.5) is 5.69 Å². The summed E-state index contributed by atoms with van der Waals surface area (Å²) in [5.74, 6) is 0. The summed E-state index contributed by atoms with van der Waals surface area (Å²) in [7, 11) is 8.68. The van der Waals surface area contributed by atoms with E-state index in [9.17, 15) is 0 Å². The lowest BCUT2D eigenvalue weighted by molar-refractivity contribution is 0.0683. The van der Waals surface area contributed by atoms with E-state index in [1.165, 1.54) is 30.5 Å². The Kier molecular flexibility index (Phi) is 5.28. The average molecular weight is 289 g/mol. The predicted molar refractivity (Wildman–Crippen MR) is 92.1 cm³/mol. The first kappa shape index (κ1) is 16.3. The molecule has 1 aliphatic rings. The molecule has 0 aromatic heterocycles. The van der Waals surface area contributed by atoms with Gasteiger partial charge in [0, 0.05) is 30.9 Å². The first-order chi connectivity index (χ1) is 10.0. The van der Waals surface area contributed by atoms with Gasteiger partial charge in [0.25, 0.3) is 0 Å². The van der Waals surface area contributed by atoms with E-state index in [1.807, 2.05) is 7.05 Å². The van der Waals surface area contributed by atoms with Crippen molar-refractivity contribution in [3.63, 3.8) is 0 Å². The van der Waals surface area contributed by atoms with E-state index >= 15 is 0 Å². The molecule has 3 nitrogen and oxygen atoms in total. The van der Waals surface area contributed by atoms with Crippen molar-refractivity contribution in [2.45, 2.75) is 44.2 Å². The third-order valence-electron chi connectivity index (χ3n) is 5.26. The molecule has 118 valence electrons. The van der Waals surface area contributed by atoms with Gasteiger partial charge in [0.1, 0.15) is 0 Å². The molecule has 1 fully saturated rings. The highest BCUT2D eigenvalue weighted by atomic mass is 15.2. The Hall–Kier alpha value is -1.06. The molecule has 0 radical (unpaired) electrons. The summed E-state index contributed by atoms with van der Waals surface area (Å²) in [4.78, 5) is 4.82. The lowest BCUT2D eigenvalue weighted by Gasteiger charge is -2.49. The van der Waals surface area contributed by atoms with Gasteiger partial charge in [-0.05, 0) is 64.5 Å². The molecule has 1 unspecified atom stereocenters. The number of benzene rings is 1. The van der Waals surface area contributed by atoms with Crippen LogP contribution in [0.2, 0.25) is 0 Å². The smallest absolute Gasteiger partial charge is 0.0378 e. The summed E-state index contributed by atoms with van der Waals surface area (Å²) in [6.07, 6.45) is 5.13. The fourth-order valence-electron chi connectivity index (χ4n) is 3.43. The first-order valence-corrected chi connectivity index (χ1v) is 8.18. The van der Waals surface area contributed by atoms with Crippen molar-refractivity contribution in [3.8, 4) is 0 Å². The predicted octanol–water partition coefficient (Wildman–Crippen LogP) is 3.28. The van der Waals surface area contributed by atoms with Gasteiger partial charge in [0.15, 0.2) is 0 Å². The summed E-state index contributed by atoms with van der Waals surface area (Å²) in [6.45, 7) is 3.33. The molecule has 0 aliphatic heterocycles. The number of nitrogens with zero attached hydrogens (tertiary/aromatic N) is 2. The van der Waals surface area contributed by atoms with Crippen LogP contribution in [0.5, 0.6) is 0 Å². The van der Waals surface area contributed by atoms with Crippen molar-refractivity contribution in [1.82, 2.24) is 10.2 Å². The summed E-state index contributed by atoms with van der Waals surface area (Å²) >= 11 is 0. The highest BCUT2D eigenvalue weighted by molar-refractivity contribution is 5.48. The highest BCUT2D eigenvalue weighted by Gasteiger charge is 2.39. The molecule has 1 atom stereocenters. The summed E-state index contributed by atoms with van der Waals surface area (Å²) < 4.78 is 0. The van der Waals surface area contributed by atoms with Crippen LogP contribution in [-0.4, -0.2) is 45.2 Å². The molecule has 2 rings (SSSR count). The molecule has 0 bridgehead atoms. The maximum atomic E-state index is 3.37. The Balaban J connectivity index is 2.04.